The van der Waals surface area contributed by atoms with Crippen LogP contribution in [0.15, 0.2) is 165 Å². The van der Waals surface area contributed by atoms with Gasteiger partial charge >= 0.3 is 11.8 Å². The van der Waals surface area contributed by atoms with Crippen molar-refractivity contribution in [2.45, 2.75) is 64.4 Å². The van der Waals surface area contributed by atoms with E-state index >= 15 is 0 Å². The number of ether oxygens (including phenoxy) is 1. The van der Waals surface area contributed by atoms with Gasteiger partial charge < -0.3 is 23.6 Å². The van der Waals surface area contributed by atoms with Gasteiger partial charge in [-0.2, -0.15) is 0 Å². The minimum absolute atomic E-state index is 0.129. The van der Waals surface area contributed by atoms with Gasteiger partial charge in [-0.3, -0.25) is 4.90 Å². The maximum absolute atomic E-state index is 13.7. The van der Waals surface area contributed by atoms with Crippen LogP contribution >= 0.6 is 0 Å². The average Bonchev–Trinajstić information content (AvgIpc) is 3.98. The van der Waals surface area contributed by atoms with E-state index in [1.165, 1.54) is 7.11 Å². The van der Waals surface area contributed by atoms with Crippen LogP contribution in [0.1, 0.15) is 61.6 Å². The van der Waals surface area contributed by atoms with Crippen molar-refractivity contribution in [3.8, 4) is 22.5 Å². The van der Waals surface area contributed by atoms with Gasteiger partial charge in [0.2, 0.25) is 5.88 Å². The number of nitrogens with zero attached hydrogens (tertiary/aromatic N) is 6. The highest BCUT2D eigenvalue weighted by atomic mass is 16.6. The molecule has 0 fully saturated rings. The second-order valence-electron chi connectivity index (χ2n) is 15.3. The average molecular weight is 803 g/mol. The van der Waals surface area contributed by atoms with Crippen LogP contribution in [0.3, 0.4) is 0 Å². The van der Waals surface area contributed by atoms with Gasteiger partial charge in [0.15, 0.2) is 11.6 Å². The number of aliphatic hydroxyl groups is 1. The van der Waals surface area contributed by atoms with Crippen molar-refractivity contribution in [3.63, 3.8) is 0 Å². The summed E-state index contributed by atoms with van der Waals surface area (Å²) in [4.78, 5) is 29.5. The highest BCUT2D eigenvalue weighted by Gasteiger charge is 2.49. The van der Waals surface area contributed by atoms with E-state index in [4.69, 9.17) is 23.9 Å². The van der Waals surface area contributed by atoms with Crippen LogP contribution in [-0.4, -0.2) is 55.1 Å². The van der Waals surface area contributed by atoms with E-state index in [1.807, 2.05) is 114 Å². The van der Waals surface area contributed by atoms with Crippen LogP contribution in [0, 0.1) is 6.92 Å². The number of hydrogen-bond donors (Lipinski definition) is 1. The third kappa shape index (κ3) is 6.98. The summed E-state index contributed by atoms with van der Waals surface area (Å²) in [5.74, 6) is -0.554. The molecule has 1 N–H and O–H groups in total. The van der Waals surface area contributed by atoms with Crippen molar-refractivity contribution in [2.24, 2.45) is 0 Å². The zero-order valence-electron chi connectivity index (χ0n) is 34.1. The molecule has 2 aromatic heterocycles. The molecule has 7 aromatic rings. The molecule has 0 saturated carbocycles. The second-order valence-corrected chi connectivity index (χ2v) is 15.3. The van der Waals surface area contributed by atoms with Crippen molar-refractivity contribution in [3.05, 3.63) is 190 Å². The standard InChI is InChI=1S/C48H46N6O6/c1-6-18-40-52(41(45(55)58-5)42(47(3,4)57)53(40)44-32(2)59-46(56)60-44)31-33-27-29-34(30-28-33)38-25-16-17-26-39(38)43-49-50-51-54(43)48(35-19-10-7-11-20-35,36-21-12-8-13-22-36)37-23-14-9-15-24-37/h7-17,19-30,40,57H,6,18,31H2,1-5H3. The van der Waals surface area contributed by atoms with Crippen molar-refractivity contribution in [1.82, 2.24) is 25.1 Å². The summed E-state index contributed by atoms with van der Waals surface area (Å²) in [6, 6.07) is 47.1. The number of anilines is 1. The predicted molar refractivity (Wildman–Crippen MR) is 227 cm³/mol. The highest BCUT2D eigenvalue weighted by Crippen LogP contribution is 2.45. The Morgan fingerprint density at radius 1 is 0.783 bits per heavy atom. The Labute approximate surface area is 348 Å². The quantitative estimate of drug-likeness (QED) is 0.0890. The molecule has 8 rings (SSSR count). The molecular weight excluding hydrogens is 757 g/mol. The fraction of sp³-hybridized carbons (Fsp3) is 0.229. The Hall–Kier alpha value is -7.05. The van der Waals surface area contributed by atoms with Crippen LogP contribution in [0.25, 0.3) is 22.5 Å². The number of aryl methyl sites for hydroxylation is 1. The van der Waals surface area contributed by atoms with Gasteiger partial charge in [-0.15, -0.1) is 5.10 Å². The molecule has 0 radical (unpaired) electrons. The third-order valence-electron chi connectivity index (χ3n) is 11.0. The third-order valence-corrected chi connectivity index (χ3v) is 11.0. The Balaban J connectivity index is 1.22. The zero-order valence-corrected chi connectivity index (χ0v) is 34.1. The summed E-state index contributed by atoms with van der Waals surface area (Å²) in [6.45, 7) is 7.10. The van der Waals surface area contributed by atoms with E-state index in [-0.39, 0.29) is 29.6 Å². The van der Waals surface area contributed by atoms with Crippen molar-refractivity contribution in [2.75, 3.05) is 12.0 Å². The van der Waals surface area contributed by atoms with E-state index in [1.54, 1.807) is 25.7 Å². The van der Waals surface area contributed by atoms with Gasteiger partial charge in [0.25, 0.3) is 0 Å². The van der Waals surface area contributed by atoms with E-state index < -0.39 is 29.1 Å². The zero-order chi connectivity index (χ0) is 42.0. The first-order valence-corrected chi connectivity index (χ1v) is 19.9. The monoisotopic (exact) mass is 802 g/mol. The molecule has 12 nitrogen and oxygen atoms in total. The lowest BCUT2D eigenvalue weighted by molar-refractivity contribution is -0.138. The normalized spacial score (nSPS) is 14.5. The number of esters is 1. The summed E-state index contributed by atoms with van der Waals surface area (Å²) >= 11 is 0. The Morgan fingerprint density at radius 3 is 1.83 bits per heavy atom. The SMILES string of the molecule is CCCC1N(Cc2ccc(-c3ccccc3-c3nnnn3C(c3ccccc3)(c3ccccc3)c3ccccc3)cc2)C(C(=O)OC)=C(C(C)(C)O)N1c1oc(=O)oc1C. The molecule has 0 bridgehead atoms. The minimum atomic E-state index is -1.53. The maximum atomic E-state index is 13.7. The van der Waals surface area contributed by atoms with Crippen LogP contribution in [0.4, 0.5) is 5.88 Å². The van der Waals surface area contributed by atoms with Gasteiger partial charge in [-0.1, -0.05) is 153 Å². The van der Waals surface area contributed by atoms with Crippen LogP contribution in [-0.2, 0) is 21.6 Å². The summed E-state index contributed by atoms with van der Waals surface area (Å²) in [6.07, 6.45) is 0.774. The predicted octanol–water partition coefficient (Wildman–Crippen LogP) is 8.31. The molecule has 1 aliphatic heterocycles. The van der Waals surface area contributed by atoms with Crippen LogP contribution in [0.5, 0.6) is 0 Å². The number of carbonyl (C=O) groups excluding carboxylic acids is 1. The van der Waals surface area contributed by atoms with E-state index in [9.17, 15) is 14.7 Å². The van der Waals surface area contributed by atoms with Gasteiger partial charge in [-0.25, -0.2) is 14.3 Å². The molecule has 12 heteroatoms. The molecular formula is C48H46N6O6. The first-order valence-electron chi connectivity index (χ1n) is 19.9. The van der Waals surface area contributed by atoms with E-state index in [2.05, 4.69) is 47.7 Å². The molecule has 1 atom stereocenters. The number of benzene rings is 5. The molecule has 0 saturated heterocycles. The largest absolute Gasteiger partial charge is 0.520 e. The lowest BCUT2D eigenvalue weighted by Gasteiger charge is -2.36. The molecule has 0 amide bonds. The molecule has 0 spiro atoms. The van der Waals surface area contributed by atoms with Gasteiger partial charge in [0.1, 0.15) is 23.0 Å². The summed E-state index contributed by atoms with van der Waals surface area (Å²) in [5.41, 5.74) is 4.53. The fourth-order valence-electron chi connectivity index (χ4n) is 8.51. The molecule has 1 unspecified atom stereocenters. The Kier molecular flexibility index (Phi) is 10.8. The smallest absolute Gasteiger partial charge is 0.464 e. The number of hydrogen-bond acceptors (Lipinski definition) is 11. The molecule has 3 heterocycles. The topological polar surface area (TPSA) is 140 Å². The van der Waals surface area contributed by atoms with Crippen LogP contribution in [0.2, 0.25) is 0 Å². The molecule has 304 valence electrons. The Morgan fingerprint density at radius 2 is 1.33 bits per heavy atom. The molecule has 0 aliphatic carbocycles. The number of tetrazole rings is 1. The number of rotatable bonds is 13. The van der Waals surface area contributed by atoms with Crippen molar-refractivity contribution >= 4 is 11.9 Å². The maximum Gasteiger partial charge on any atom is 0.520 e. The van der Waals surface area contributed by atoms with E-state index in [0.717, 1.165) is 45.4 Å². The van der Waals surface area contributed by atoms with E-state index in [0.29, 0.717) is 12.2 Å². The first-order chi connectivity index (χ1) is 29.1. The summed E-state index contributed by atoms with van der Waals surface area (Å²) < 4.78 is 18.0. The van der Waals surface area contributed by atoms with Crippen LogP contribution < -0.4 is 10.7 Å². The van der Waals surface area contributed by atoms with Gasteiger partial charge in [-0.05, 0) is 71.0 Å². The number of carbonyl (C=O) groups is 1. The Bertz CT molecular complexity index is 2580. The van der Waals surface area contributed by atoms with Gasteiger partial charge in [0.05, 0.1) is 12.8 Å². The molecule has 60 heavy (non-hydrogen) atoms. The highest BCUT2D eigenvalue weighted by molar-refractivity contribution is 5.91. The molecule has 5 aromatic carbocycles. The lowest BCUT2D eigenvalue weighted by Crippen LogP contribution is -2.43. The summed E-state index contributed by atoms with van der Waals surface area (Å²) in [5, 5.41) is 25.4. The lowest BCUT2D eigenvalue weighted by atomic mass is 9.77. The summed E-state index contributed by atoms with van der Waals surface area (Å²) in [7, 11) is 1.31. The van der Waals surface area contributed by atoms with Crippen molar-refractivity contribution in [1.29, 1.82) is 0 Å². The first kappa shape index (κ1) is 39.8. The molecule has 1 aliphatic rings. The van der Waals surface area contributed by atoms with Gasteiger partial charge in [0, 0.05) is 12.1 Å². The number of aromatic nitrogens is 4. The van der Waals surface area contributed by atoms with Crippen molar-refractivity contribution < 1.29 is 23.5 Å². The second kappa shape index (κ2) is 16.3. The minimum Gasteiger partial charge on any atom is -0.464 e. The number of methoxy groups -OCH3 is 1. The fourth-order valence-corrected chi connectivity index (χ4v) is 8.51.